The highest BCUT2D eigenvalue weighted by molar-refractivity contribution is 5.68. The molecule has 0 radical (unpaired) electrons. The van der Waals surface area contributed by atoms with Crippen LogP contribution in [0.4, 0.5) is 54.4 Å². The summed E-state index contributed by atoms with van der Waals surface area (Å²) in [4.78, 5) is 27.9. The van der Waals surface area contributed by atoms with E-state index >= 15 is 0 Å². The summed E-state index contributed by atoms with van der Waals surface area (Å²) in [6.07, 6.45) is -9.65. The molecule has 2 N–H and O–H groups in total. The first-order valence-electron chi connectivity index (χ1n) is 13.5. The molecule has 3 aromatic rings. The number of hydrogen-bond donors (Lipinski definition) is 2. The molecule has 10 nitrogen and oxygen atoms in total. The lowest BCUT2D eigenvalue weighted by atomic mass is 10.1. The molecule has 0 aliphatic carbocycles. The fourth-order valence-corrected chi connectivity index (χ4v) is 4.12. The zero-order valence-corrected chi connectivity index (χ0v) is 24.1. The molecule has 4 rings (SSSR count). The van der Waals surface area contributed by atoms with E-state index in [0.29, 0.717) is 26.2 Å². The van der Waals surface area contributed by atoms with Crippen LogP contribution in [0.3, 0.4) is 0 Å². The smallest absolute Gasteiger partial charge is 0.422 e. The van der Waals surface area contributed by atoms with Crippen LogP contribution in [0.2, 0.25) is 0 Å². The van der Waals surface area contributed by atoms with Gasteiger partial charge in [-0.2, -0.15) is 41.3 Å². The molecule has 1 amide bonds. The second kappa shape index (κ2) is 13.0. The first-order chi connectivity index (χ1) is 20.5. The second-order valence-corrected chi connectivity index (χ2v) is 10.9. The minimum Gasteiger partial charge on any atom is -0.454 e. The van der Waals surface area contributed by atoms with Crippen molar-refractivity contribution < 1.29 is 40.6 Å². The SMILES string of the molecule is CC(C)(C)OC(=O)N1CCN(c2cccc(CNc3nc(Nc4cccc(C(F)(F)F)c4)nc(OCC(F)(F)F)n3)c2)CC1. The van der Waals surface area contributed by atoms with Crippen LogP contribution in [0, 0.1) is 0 Å². The molecule has 16 heteroatoms. The van der Waals surface area contributed by atoms with E-state index in [9.17, 15) is 31.1 Å². The van der Waals surface area contributed by atoms with Crippen molar-refractivity contribution in [1.29, 1.82) is 0 Å². The van der Waals surface area contributed by atoms with Crippen LogP contribution in [0.5, 0.6) is 6.01 Å². The van der Waals surface area contributed by atoms with Crippen molar-refractivity contribution in [3.63, 3.8) is 0 Å². The molecule has 0 atom stereocenters. The average molecular weight is 628 g/mol. The number of carbonyl (C=O) groups excluding carboxylic acids is 1. The topological polar surface area (TPSA) is 105 Å². The minimum atomic E-state index is -4.67. The van der Waals surface area contributed by atoms with Crippen molar-refractivity contribution >= 4 is 29.4 Å². The summed E-state index contributed by atoms with van der Waals surface area (Å²) in [5.74, 6) is -0.487. The molecule has 2 heterocycles. The van der Waals surface area contributed by atoms with Crippen LogP contribution in [0.25, 0.3) is 0 Å². The summed E-state index contributed by atoms with van der Waals surface area (Å²) >= 11 is 0. The summed E-state index contributed by atoms with van der Waals surface area (Å²) in [7, 11) is 0. The maximum Gasteiger partial charge on any atom is 0.422 e. The quantitative estimate of drug-likeness (QED) is 0.281. The normalized spacial score (nSPS) is 14.3. The van der Waals surface area contributed by atoms with Gasteiger partial charge in [-0.25, -0.2) is 4.79 Å². The van der Waals surface area contributed by atoms with Crippen molar-refractivity contribution in [1.82, 2.24) is 19.9 Å². The van der Waals surface area contributed by atoms with E-state index < -0.39 is 36.1 Å². The van der Waals surface area contributed by atoms with Crippen molar-refractivity contribution in [3.05, 3.63) is 59.7 Å². The van der Waals surface area contributed by atoms with Gasteiger partial charge >= 0.3 is 24.5 Å². The number of amides is 1. The molecular formula is C28H31F6N7O3. The Morgan fingerprint density at radius 3 is 2.23 bits per heavy atom. The Morgan fingerprint density at radius 2 is 1.57 bits per heavy atom. The lowest BCUT2D eigenvalue weighted by Crippen LogP contribution is -2.50. The molecule has 44 heavy (non-hydrogen) atoms. The van der Waals surface area contributed by atoms with Crippen LogP contribution in [-0.2, 0) is 17.5 Å². The standard InChI is InChI=1S/C28H31F6N7O3/c1-26(2,3)44-25(42)41-12-10-40(11-13-41)21-9-4-6-18(14-21)16-35-22-37-23(39-24(38-22)43-17-27(29,30)31)36-20-8-5-7-19(15-20)28(32,33)34/h4-9,14-15H,10-13,16-17H2,1-3H3,(H2,35,36,37,38,39). The molecule has 2 aromatic carbocycles. The third kappa shape index (κ3) is 9.77. The molecule has 0 unspecified atom stereocenters. The number of halogens is 6. The summed E-state index contributed by atoms with van der Waals surface area (Å²) in [6, 6.07) is 11.0. The van der Waals surface area contributed by atoms with Gasteiger partial charge in [0.05, 0.1) is 5.56 Å². The van der Waals surface area contributed by atoms with Crippen molar-refractivity contribution in [2.75, 3.05) is 48.3 Å². The number of nitrogens with one attached hydrogen (secondary N) is 2. The van der Waals surface area contributed by atoms with Gasteiger partial charge in [-0.05, 0) is 56.7 Å². The van der Waals surface area contributed by atoms with Gasteiger partial charge in [0.25, 0.3) is 0 Å². The molecule has 1 aliphatic heterocycles. The number of anilines is 4. The zero-order valence-electron chi connectivity index (χ0n) is 24.1. The van der Waals surface area contributed by atoms with Crippen LogP contribution in [0.15, 0.2) is 48.5 Å². The van der Waals surface area contributed by atoms with Gasteiger partial charge in [0, 0.05) is 44.1 Å². The van der Waals surface area contributed by atoms with E-state index in [-0.39, 0.29) is 30.2 Å². The Labute approximate surface area is 249 Å². The van der Waals surface area contributed by atoms with E-state index in [4.69, 9.17) is 4.74 Å². The Hall–Kier alpha value is -4.50. The molecule has 238 valence electrons. The number of carbonyl (C=O) groups is 1. The Bertz CT molecular complexity index is 1440. The van der Waals surface area contributed by atoms with Crippen LogP contribution < -0.4 is 20.3 Å². The van der Waals surface area contributed by atoms with Gasteiger partial charge in [-0.1, -0.05) is 18.2 Å². The number of alkyl halides is 6. The van der Waals surface area contributed by atoms with Crippen molar-refractivity contribution in [2.45, 2.75) is 45.3 Å². The molecule has 1 fully saturated rings. The van der Waals surface area contributed by atoms with Crippen LogP contribution >= 0.6 is 0 Å². The van der Waals surface area contributed by atoms with Crippen LogP contribution in [-0.4, -0.2) is 70.5 Å². The molecule has 1 aromatic heterocycles. The number of ether oxygens (including phenoxy) is 2. The van der Waals surface area contributed by atoms with Gasteiger partial charge in [-0.15, -0.1) is 0 Å². The number of piperazine rings is 1. The first kappa shape index (κ1) is 32.4. The Kier molecular flexibility index (Phi) is 9.59. The van der Waals surface area contributed by atoms with Gasteiger partial charge in [-0.3, -0.25) is 0 Å². The lowest BCUT2D eigenvalue weighted by Gasteiger charge is -2.36. The number of benzene rings is 2. The summed E-state index contributed by atoms with van der Waals surface area (Å²) in [5, 5.41) is 5.46. The number of nitrogens with zero attached hydrogens (tertiary/aromatic N) is 5. The molecule has 0 spiro atoms. The van der Waals surface area contributed by atoms with Gasteiger partial charge in [0.1, 0.15) is 5.60 Å². The van der Waals surface area contributed by atoms with Gasteiger partial charge in [0.2, 0.25) is 11.9 Å². The van der Waals surface area contributed by atoms with Crippen molar-refractivity contribution in [3.8, 4) is 6.01 Å². The van der Waals surface area contributed by atoms with E-state index in [1.165, 1.54) is 6.07 Å². The predicted octanol–water partition coefficient (Wildman–Crippen LogP) is 6.24. The fraction of sp³-hybridized carbons (Fsp3) is 0.429. The molecule has 0 saturated carbocycles. The lowest BCUT2D eigenvalue weighted by molar-refractivity contribution is -0.154. The number of aromatic nitrogens is 3. The third-order valence-electron chi connectivity index (χ3n) is 6.08. The van der Waals surface area contributed by atoms with Crippen LogP contribution in [0.1, 0.15) is 31.9 Å². The molecule has 1 aliphatic rings. The maximum atomic E-state index is 13.1. The van der Waals surface area contributed by atoms with Gasteiger partial charge in [0.15, 0.2) is 6.61 Å². The largest absolute Gasteiger partial charge is 0.454 e. The van der Waals surface area contributed by atoms with E-state index in [2.05, 4.69) is 35.2 Å². The van der Waals surface area contributed by atoms with Gasteiger partial charge < -0.3 is 29.9 Å². The zero-order chi connectivity index (χ0) is 32.1. The highest BCUT2D eigenvalue weighted by atomic mass is 19.4. The molecule has 0 bridgehead atoms. The highest BCUT2D eigenvalue weighted by Gasteiger charge is 2.31. The molecule has 1 saturated heterocycles. The number of rotatable bonds is 8. The summed E-state index contributed by atoms with van der Waals surface area (Å²) in [5.41, 5.74) is 0.106. The van der Waals surface area contributed by atoms with Crippen molar-refractivity contribution in [2.24, 2.45) is 0 Å². The average Bonchev–Trinajstić information content (AvgIpc) is 2.94. The van der Waals surface area contributed by atoms with E-state index in [1.807, 2.05) is 45.0 Å². The number of hydrogen-bond acceptors (Lipinski definition) is 9. The Balaban J connectivity index is 1.45. The third-order valence-corrected chi connectivity index (χ3v) is 6.08. The monoisotopic (exact) mass is 627 g/mol. The second-order valence-electron chi connectivity index (χ2n) is 10.9. The summed E-state index contributed by atoms with van der Waals surface area (Å²) < 4.78 is 87.8. The van der Waals surface area contributed by atoms with E-state index in [1.54, 1.807) is 4.90 Å². The summed E-state index contributed by atoms with van der Waals surface area (Å²) in [6.45, 7) is 6.00. The molecular weight excluding hydrogens is 596 g/mol. The highest BCUT2D eigenvalue weighted by Crippen LogP contribution is 2.31. The maximum absolute atomic E-state index is 13.1. The first-order valence-corrected chi connectivity index (χ1v) is 13.5. The van der Waals surface area contributed by atoms with E-state index in [0.717, 1.165) is 29.4 Å². The predicted molar refractivity (Wildman–Crippen MR) is 150 cm³/mol. The minimum absolute atomic E-state index is 0.0433. The Morgan fingerprint density at radius 1 is 0.886 bits per heavy atom. The fourth-order valence-electron chi connectivity index (χ4n) is 4.12.